The maximum absolute atomic E-state index is 13.3. The molecule has 6 N–H and O–H groups in total. The molecule has 12 aliphatic rings. The molecule has 4 amide bonds. The zero-order valence-corrected chi connectivity index (χ0v) is 75.6. The van der Waals surface area contributed by atoms with Crippen molar-refractivity contribution in [2.45, 2.75) is 282 Å². The fraction of sp³-hybridized carbons (Fsp3) is 0.711. The highest BCUT2D eigenvalue weighted by atomic mass is 16.4. The van der Waals surface area contributed by atoms with Crippen molar-refractivity contribution in [3.63, 3.8) is 0 Å². The largest absolute Gasteiger partial charge is 0.481 e. The Balaban J connectivity index is 0.000000202. The van der Waals surface area contributed by atoms with Gasteiger partial charge in [0.05, 0.1) is 6.42 Å². The van der Waals surface area contributed by atoms with Crippen molar-refractivity contribution in [2.75, 3.05) is 26.2 Å². The molecule has 12 aliphatic carbocycles. The fourth-order valence-electron chi connectivity index (χ4n) is 25.4. The van der Waals surface area contributed by atoms with Crippen LogP contribution in [0.4, 0.5) is 0 Å². The van der Waals surface area contributed by atoms with E-state index in [4.69, 9.17) is 33.9 Å². The Morgan fingerprint density at radius 1 is 0.397 bits per heavy atom. The molecular weight excluding hydrogens is 1620 g/mol. The van der Waals surface area contributed by atoms with E-state index in [1.54, 1.807) is 6.92 Å². The highest BCUT2D eigenvalue weighted by molar-refractivity contribution is 6.03. The summed E-state index contributed by atoms with van der Waals surface area (Å²) in [6.45, 7) is 25.4. The van der Waals surface area contributed by atoms with Crippen LogP contribution in [-0.4, -0.2) is 154 Å². The molecule has 12 fully saturated rings. The van der Waals surface area contributed by atoms with E-state index < -0.39 is 55.2 Å². The number of para-hydroxylation sites is 1. The number of nitrogens with one attached hydrogen (secondary N) is 5. The molecule has 29 nitrogen and oxygen atoms in total. The normalized spacial score (nSPS) is 34.3. The van der Waals surface area contributed by atoms with Crippen LogP contribution in [0, 0.1) is 126 Å². The van der Waals surface area contributed by atoms with Crippen LogP contribution >= 0.6 is 0 Å². The molecule has 1 aromatic heterocycles. The number of H-pyrrole nitrogens is 1. The second kappa shape index (κ2) is 42.5. The Morgan fingerprint density at radius 2 is 0.675 bits per heavy atom. The van der Waals surface area contributed by atoms with Gasteiger partial charge in [-0.05, 0) is 154 Å². The third kappa shape index (κ3) is 21.3. The van der Waals surface area contributed by atoms with Crippen molar-refractivity contribution in [2.24, 2.45) is 126 Å². The molecule has 14 rings (SSSR count). The third-order valence-corrected chi connectivity index (χ3v) is 32.6. The second-order valence-electron chi connectivity index (χ2n) is 40.3. The van der Waals surface area contributed by atoms with E-state index >= 15 is 0 Å². The number of carboxylic acids is 1. The van der Waals surface area contributed by atoms with E-state index in [9.17, 15) is 81.5 Å². The van der Waals surface area contributed by atoms with Crippen molar-refractivity contribution in [3.8, 4) is 0 Å². The number of carbonyl (C=O) groups is 17. The van der Waals surface area contributed by atoms with E-state index in [-0.39, 0.29) is 247 Å². The topological polar surface area (TPSA) is 477 Å². The van der Waals surface area contributed by atoms with E-state index in [0.717, 1.165) is 55.0 Å². The van der Waals surface area contributed by atoms with Gasteiger partial charge in [0.25, 0.3) is 0 Å². The molecule has 2 aromatic rings. The molecule has 1 aromatic carbocycles. The first-order valence-electron chi connectivity index (χ1n) is 45.5. The average Bonchev–Trinajstić information content (AvgIpc) is 1.57. The summed E-state index contributed by atoms with van der Waals surface area (Å²) in [7, 11) is 0. The quantitative estimate of drug-likeness (QED) is 0.0602. The summed E-state index contributed by atoms with van der Waals surface area (Å²) < 4.78 is 0. The number of rotatable bonds is 23. The molecule has 1 heterocycles. The van der Waals surface area contributed by atoms with Crippen LogP contribution in [0.5, 0.6) is 0 Å². The third-order valence-electron chi connectivity index (χ3n) is 32.6. The number of Topliss-reactive ketones (excluding diaryl/α,β-unsaturated/α-hetero) is 12. The van der Waals surface area contributed by atoms with Gasteiger partial charge in [0.2, 0.25) is 23.6 Å². The van der Waals surface area contributed by atoms with E-state index in [1.165, 1.54) is 0 Å². The van der Waals surface area contributed by atoms with Crippen LogP contribution in [0.25, 0.3) is 10.9 Å². The van der Waals surface area contributed by atoms with Gasteiger partial charge in [-0.1, -0.05) is 108 Å². The van der Waals surface area contributed by atoms with Gasteiger partial charge in [-0.2, -0.15) is 28.8 Å². The number of aromatic nitrogens is 1. The molecule has 688 valence electrons. The number of carboxylic acid groups (broad SMARTS) is 1. The molecule has 0 unspecified atom stereocenters. The summed E-state index contributed by atoms with van der Waals surface area (Å²) in [5, 5.41) is 21.2. The highest BCUT2D eigenvalue weighted by Crippen LogP contribution is 2.65. The van der Waals surface area contributed by atoms with Crippen molar-refractivity contribution in [1.82, 2.24) is 26.3 Å². The van der Waals surface area contributed by atoms with Crippen molar-refractivity contribution in [1.29, 1.82) is 0 Å². The van der Waals surface area contributed by atoms with E-state index in [2.05, 4.69) is 46.2 Å². The van der Waals surface area contributed by atoms with Crippen LogP contribution in [0.3, 0.4) is 0 Å². The molecule has 126 heavy (non-hydrogen) atoms. The lowest BCUT2D eigenvalue weighted by molar-refractivity contribution is -0.193. The van der Waals surface area contributed by atoms with Gasteiger partial charge < -0.3 is 31.4 Å². The fourth-order valence-corrected chi connectivity index (χ4v) is 25.4. The molecular formula is C97H131N5O24. The smallest absolute Gasteiger partial charge is 0.373 e. The van der Waals surface area contributed by atoms with Gasteiger partial charge >= 0.3 is 24.4 Å². The van der Waals surface area contributed by atoms with Gasteiger partial charge in [-0.3, -0.25) is 81.5 Å². The maximum atomic E-state index is 13.3. The zero-order chi connectivity index (χ0) is 93.6. The minimum Gasteiger partial charge on any atom is -0.481 e. The Labute approximate surface area is 736 Å². The number of aromatic amines is 1. The van der Waals surface area contributed by atoms with Crippen LogP contribution < -0.4 is 21.3 Å². The van der Waals surface area contributed by atoms with Gasteiger partial charge in [0.15, 0.2) is 0 Å². The lowest BCUT2D eigenvalue weighted by atomic mass is 9.48. The summed E-state index contributed by atoms with van der Waals surface area (Å²) >= 11 is 0. The maximum Gasteiger partial charge on any atom is 0.373 e. The summed E-state index contributed by atoms with van der Waals surface area (Å²) in [6, 6.07) is 8.09. The Hall–Kier alpha value is -9.71. The minimum atomic E-state index is -0.987. The molecule has 0 radical (unpaired) electrons. The first kappa shape index (κ1) is 102. The van der Waals surface area contributed by atoms with E-state index in [1.807, 2.05) is 86.7 Å². The molecule has 21 atom stereocenters. The average molecular weight is 1750 g/mol. The molecule has 0 spiro atoms. The summed E-state index contributed by atoms with van der Waals surface area (Å²) in [5.74, 6) is 0.223. The summed E-state index contributed by atoms with van der Waals surface area (Å²) in [6.07, 6.45) is 17.6. The SMILES string of the molecule is CC(C)CNC(=O)CC[C@@]1(C)C(=O)CC[C@@H]2[C@@H]1C(=O)C[C@]1(C)C(=O)CC[C@@H]21.CC[C@H](C)CNC(=O)CC[C@@]1(C)C(=O)CC[C@@H]2[C@@H]1C(=O)C[C@]1(C)C(=O)CC[C@@H]21.C[C@]1(CCC(=O)NCCC(=O)O)C(=O)CC[C@@H]2[C@@H]1C(=O)C[C@]1(C)C(=O)CC[C@@H]21.C[C@]1(CCC(=O)NCCc2c[nH]c3ccccc23)C(=O)CC[C@@H]2[C@@H]1C(=O)C[C@]1(C)C(=O)CC[C@@H]21.O=C=O.O=C=O.O=C=O. The molecule has 29 heteroatoms. The monoisotopic (exact) mass is 1750 g/mol. The molecule has 0 aliphatic heterocycles. The van der Waals surface area contributed by atoms with Gasteiger partial charge in [0.1, 0.15) is 69.4 Å². The number of hydrogen-bond acceptors (Lipinski definition) is 23. The minimum absolute atomic E-state index is 0.0131. The lowest BCUT2D eigenvalue weighted by Crippen LogP contribution is -2.56. The number of ketones is 12. The zero-order valence-electron chi connectivity index (χ0n) is 75.6. The predicted molar refractivity (Wildman–Crippen MR) is 452 cm³/mol. The number of aliphatic carboxylic acids is 1. The first-order chi connectivity index (χ1) is 59.3. The van der Waals surface area contributed by atoms with Crippen molar-refractivity contribution < 1.29 is 115 Å². The predicted octanol–water partition coefficient (Wildman–Crippen LogP) is 10.9. The van der Waals surface area contributed by atoms with Crippen LogP contribution in [0.2, 0.25) is 0 Å². The summed E-state index contributed by atoms with van der Waals surface area (Å²) in [4.78, 5) is 266. The Kier molecular flexibility index (Phi) is 34.3. The molecule has 0 bridgehead atoms. The van der Waals surface area contributed by atoms with Gasteiger partial charge in [-0.25, -0.2) is 0 Å². The standard InChI is InChI=1S/C28H34N2O4.C23H35NO4.C22H33NO4.C21H29NO6.3CO2/c1-27(13-11-25(34)29-14-12-17-16-30-21-6-4-3-5-18(17)21)23(32)9-7-19-20-8-10-24(33)28(20,2)15-22(31)26(19)27;1-5-14(2)13-24-20(28)10-11-22(3)18(26)8-6-15-16-7-9-19(27)23(16,4)12-17(25)21(15)22;1-13(2)12-23-19(27)9-10-21(3)17(25)7-5-14-15-6-8-18(26)22(15,4)11-16(24)20(14)21;1-20(9-7-17(26)22-10-8-18(27)28)15(24)5-3-12-13-4-6-16(25)21(13,2)11-14(23)19(12)20;3*2-1-3/h3-6,16,19-20,26,30H,7-15H2,1-2H3,(H,29,34);14-16,21H,5-13H2,1-4H3,(H,24,28);13-15,20H,5-12H2,1-4H3,(H,23,27);12-13,19H,3-11H2,1-2H3,(H,22,26)(H,27,28);;;/t19-,20-,26+,27-,28-;14-,15-,16-,21+,22-,23-;14-,15-,20+,21-,22-;12-,13-,19+,20-,21-;;;/m0000.../s1. The van der Waals surface area contributed by atoms with Crippen LogP contribution in [0.1, 0.15) is 281 Å². The van der Waals surface area contributed by atoms with Crippen LogP contribution in [0.15, 0.2) is 30.5 Å². The lowest BCUT2D eigenvalue weighted by Gasteiger charge is -2.52. The molecule has 0 saturated heterocycles. The number of amides is 4. The summed E-state index contributed by atoms with van der Waals surface area (Å²) in [5.41, 5.74) is -3.23. The number of benzene rings is 1. The van der Waals surface area contributed by atoms with Gasteiger partial charge in [-0.15, -0.1) is 0 Å². The number of fused-ring (bicyclic) bond motifs is 13. The number of hydrogen-bond donors (Lipinski definition) is 6. The van der Waals surface area contributed by atoms with Gasteiger partial charge in [0, 0.05) is 213 Å². The highest BCUT2D eigenvalue weighted by Gasteiger charge is 2.68. The number of carbonyl (C=O) groups excluding carboxylic acids is 22. The second-order valence-corrected chi connectivity index (χ2v) is 40.3. The Morgan fingerprint density at radius 3 is 0.968 bits per heavy atom. The molecule has 12 saturated carbocycles. The van der Waals surface area contributed by atoms with Crippen molar-refractivity contribution >= 4 is 128 Å². The first-order valence-corrected chi connectivity index (χ1v) is 45.5. The van der Waals surface area contributed by atoms with Crippen molar-refractivity contribution in [3.05, 3.63) is 36.0 Å². The van der Waals surface area contributed by atoms with Crippen LogP contribution in [-0.2, 0) is 117 Å². The van der Waals surface area contributed by atoms with E-state index in [0.29, 0.717) is 128 Å². The Bertz CT molecular complexity index is 4610.